The van der Waals surface area contributed by atoms with Gasteiger partial charge >= 0.3 is 6.09 Å². The van der Waals surface area contributed by atoms with Crippen LogP contribution in [-0.4, -0.2) is 51.5 Å². The Labute approximate surface area is 152 Å². The van der Waals surface area contributed by atoms with E-state index in [-0.39, 0.29) is 11.6 Å². The number of carbonyl (C=O) groups excluding carboxylic acids is 1. The van der Waals surface area contributed by atoms with Gasteiger partial charge in [0.25, 0.3) is 11.6 Å². The third-order valence-electron chi connectivity index (χ3n) is 4.27. The summed E-state index contributed by atoms with van der Waals surface area (Å²) >= 11 is 1.25. The van der Waals surface area contributed by atoms with Crippen LogP contribution in [0, 0.1) is 10.1 Å². The number of hydrogen-bond acceptors (Lipinski definition) is 6. The van der Waals surface area contributed by atoms with Gasteiger partial charge in [-0.05, 0) is 25.0 Å². The molecule has 3 rings (SSSR count). The van der Waals surface area contributed by atoms with E-state index in [1.807, 2.05) is 0 Å². The number of nitrogens with zero attached hydrogens (tertiary/aromatic N) is 4. The fourth-order valence-corrected chi connectivity index (χ4v) is 3.68. The number of benzene rings is 1. The molecule has 2 aromatic rings. The Hall–Kier alpha value is -3.01. The zero-order valence-electron chi connectivity index (χ0n) is 13.9. The van der Waals surface area contributed by atoms with Crippen LogP contribution in [0.1, 0.15) is 12.8 Å². The van der Waals surface area contributed by atoms with Crippen molar-refractivity contribution < 1.29 is 19.6 Å². The van der Waals surface area contributed by atoms with Gasteiger partial charge in [-0.2, -0.15) is 0 Å². The van der Waals surface area contributed by atoms with E-state index in [0.717, 1.165) is 4.90 Å². The summed E-state index contributed by atoms with van der Waals surface area (Å²) in [6, 6.07) is 5.30. The number of aromatic nitrogens is 1. The molecule has 1 aromatic heterocycles. The Balaban J connectivity index is 1.77. The lowest BCUT2D eigenvalue weighted by molar-refractivity contribution is -0.384. The summed E-state index contributed by atoms with van der Waals surface area (Å²) in [7, 11) is 1.57. The fraction of sp³-hybridized carbons (Fsp3) is 0.312. The number of amides is 2. The van der Waals surface area contributed by atoms with Crippen molar-refractivity contribution in [2.75, 3.05) is 18.5 Å². The predicted molar refractivity (Wildman–Crippen MR) is 95.4 cm³/mol. The highest BCUT2D eigenvalue weighted by atomic mass is 32.1. The largest absolute Gasteiger partial charge is 0.465 e. The summed E-state index contributed by atoms with van der Waals surface area (Å²) in [5, 5.41) is 22.1. The van der Waals surface area contributed by atoms with E-state index in [1.54, 1.807) is 24.6 Å². The quantitative estimate of drug-likeness (QED) is 0.648. The van der Waals surface area contributed by atoms with E-state index in [0.29, 0.717) is 35.8 Å². The molecule has 0 spiro atoms. The molecule has 1 N–H and O–H groups in total. The molecule has 0 bridgehead atoms. The molecule has 1 aromatic carbocycles. The van der Waals surface area contributed by atoms with Crippen LogP contribution in [0.25, 0.3) is 11.3 Å². The zero-order valence-corrected chi connectivity index (χ0v) is 14.7. The molecule has 0 saturated carbocycles. The molecule has 1 atom stereocenters. The minimum Gasteiger partial charge on any atom is -0.465 e. The second kappa shape index (κ2) is 7.08. The van der Waals surface area contributed by atoms with Crippen LogP contribution in [0.3, 0.4) is 0 Å². The third kappa shape index (κ3) is 3.36. The summed E-state index contributed by atoms with van der Waals surface area (Å²) in [6.45, 7) is 0.353. The zero-order chi connectivity index (χ0) is 18.8. The molecule has 2 heterocycles. The van der Waals surface area contributed by atoms with Gasteiger partial charge in [0.15, 0.2) is 5.13 Å². The van der Waals surface area contributed by atoms with Crippen molar-refractivity contribution in [2.24, 2.45) is 0 Å². The average molecular weight is 376 g/mol. The molecule has 1 saturated heterocycles. The first-order valence-electron chi connectivity index (χ1n) is 7.86. The Morgan fingerprint density at radius 1 is 1.38 bits per heavy atom. The highest BCUT2D eigenvalue weighted by Crippen LogP contribution is 2.29. The lowest BCUT2D eigenvalue weighted by Crippen LogP contribution is -2.46. The number of nitro benzene ring substituents is 1. The van der Waals surface area contributed by atoms with Crippen LogP contribution in [0.4, 0.5) is 15.6 Å². The highest BCUT2D eigenvalue weighted by Gasteiger charge is 2.36. The summed E-state index contributed by atoms with van der Waals surface area (Å²) in [6.07, 6.45) is 0.0540. The van der Waals surface area contributed by atoms with Gasteiger partial charge in [0.2, 0.25) is 0 Å². The molecule has 10 heteroatoms. The maximum absolute atomic E-state index is 12.6. The Morgan fingerprint density at radius 3 is 2.69 bits per heavy atom. The Morgan fingerprint density at radius 2 is 2.08 bits per heavy atom. The van der Waals surface area contributed by atoms with E-state index in [1.165, 1.54) is 28.4 Å². The monoisotopic (exact) mass is 376 g/mol. The first-order chi connectivity index (χ1) is 12.4. The number of non-ortho nitro benzene ring substituents is 1. The van der Waals surface area contributed by atoms with Gasteiger partial charge in [-0.1, -0.05) is 0 Å². The van der Waals surface area contributed by atoms with Gasteiger partial charge in [0.05, 0.1) is 10.6 Å². The van der Waals surface area contributed by atoms with Gasteiger partial charge in [0, 0.05) is 36.7 Å². The van der Waals surface area contributed by atoms with E-state index in [9.17, 15) is 24.8 Å². The SMILES string of the molecule is CN(C(=O)C1CCCN1C(=O)O)c1nc(-c2ccc([N+](=O)[O-])cc2)cs1. The average Bonchev–Trinajstić information content (AvgIpc) is 3.30. The lowest BCUT2D eigenvalue weighted by Gasteiger charge is -2.24. The molecule has 2 amide bonds. The second-order valence-electron chi connectivity index (χ2n) is 5.85. The number of anilines is 1. The number of nitro groups is 1. The van der Waals surface area contributed by atoms with Crippen LogP contribution in [-0.2, 0) is 4.79 Å². The first-order valence-corrected chi connectivity index (χ1v) is 8.74. The summed E-state index contributed by atoms with van der Waals surface area (Å²) in [4.78, 5) is 41.0. The smallest absolute Gasteiger partial charge is 0.407 e. The number of likely N-dealkylation sites (N-methyl/N-ethyl adjacent to an activating group) is 1. The van der Waals surface area contributed by atoms with Crippen LogP contribution < -0.4 is 4.90 Å². The van der Waals surface area contributed by atoms with Crippen molar-refractivity contribution in [3.63, 3.8) is 0 Å². The summed E-state index contributed by atoms with van der Waals surface area (Å²) < 4.78 is 0. The Bertz CT molecular complexity index is 851. The van der Waals surface area contributed by atoms with Crippen molar-refractivity contribution in [2.45, 2.75) is 18.9 Å². The van der Waals surface area contributed by atoms with Crippen LogP contribution >= 0.6 is 11.3 Å². The van der Waals surface area contributed by atoms with Crippen molar-refractivity contribution in [1.82, 2.24) is 9.88 Å². The molecule has 1 aliphatic rings. The number of likely N-dealkylation sites (tertiary alicyclic amines) is 1. The molecule has 0 aliphatic carbocycles. The molecule has 136 valence electrons. The third-order valence-corrected chi connectivity index (χ3v) is 5.18. The minimum absolute atomic E-state index is 0.00788. The standard InChI is InChI=1S/C16H16N4O5S/c1-18(14(21)13-3-2-8-19(13)16(22)23)15-17-12(9-26-15)10-4-6-11(7-5-10)20(24)25/h4-7,9,13H,2-3,8H2,1H3,(H,22,23). The van der Waals surface area contributed by atoms with E-state index in [2.05, 4.69) is 4.98 Å². The molecule has 0 radical (unpaired) electrons. The molecule has 1 aliphatic heterocycles. The normalized spacial score (nSPS) is 16.5. The number of rotatable bonds is 4. The lowest BCUT2D eigenvalue weighted by atomic mass is 10.1. The van der Waals surface area contributed by atoms with Gasteiger partial charge in [-0.15, -0.1) is 11.3 Å². The van der Waals surface area contributed by atoms with Gasteiger partial charge in [-0.3, -0.25) is 24.7 Å². The number of thiazole rings is 1. The highest BCUT2D eigenvalue weighted by molar-refractivity contribution is 7.14. The van der Waals surface area contributed by atoms with Crippen molar-refractivity contribution >= 4 is 34.2 Å². The molecule has 1 fully saturated rings. The van der Waals surface area contributed by atoms with Crippen molar-refractivity contribution in [1.29, 1.82) is 0 Å². The molecular weight excluding hydrogens is 360 g/mol. The molecular formula is C16H16N4O5S. The van der Waals surface area contributed by atoms with Crippen molar-refractivity contribution in [3.05, 3.63) is 39.8 Å². The molecule has 9 nitrogen and oxygen atoms in total. The number of carboxylic acid groups (broad SMARTS) is 1. The second-order valence-corrected chi connectivity index (χ2v) is 6.69. The van der Waals surface area contributed by atoms with Gasteiger partial charge < -0.3 is 5.11 Å². The van der Waals surface area contributed by atoms with Crippen LogP contribution in [0.5, 0.6) is 0 Å². The van der Waals surface area contributed by atoms with Crippen molar-refractivity contribution in [3.8, 4) is 11.3 Å². The number of hydrogen-bond donors (Lipinski definition) is 1. The maximum Gasteiger partial charge on any atom is 0.407 e. The predicted octanol–water partition coefficient (Wildman–Crippen LogP) is 2.82. The molecule has 26 heavy (non-hydrogen) atoms. The van der Waals surface area contributed by atoms with Crippen LogP contribution in [0.2, 0.25) is 0 Å². The van der Waals surface area contributed by atoms with Crippen LogP contribution in [0.15, 0.2) is 29.6 Å². The number of carbonyl (C=O) groups is 2. The molecule has 1 unspecified atom stereocenters. The topological polar surface area (TPSA) is 117 Å². The van der Waals surface area contributed by atoms with E-state index in [4.69, 9.17) is 0 Å². The Kier molecular flexibility index (Phi) is 4.85. The van der Waals surface area contributed by atoms with Gasteiger partial charge in [-0.25, -0.2) is 9.78 Å². The van der Waals surface area contributed by atoms with Gasteiger partial charge in [0.1, 0.15) is 6.04 Å². The first kappa shape index (κ1) is 17.8. The van der Waals surface area contributed by atoms with E-state index < -0.39 is 17.1 Å². The fourth-order valence-electron chi connectivity index (χ4n) is 2.88. The maximum atomic E-state index is 12.6. The van der Waals surface area contributed by atoms with E-state index >= 15 is 0 Å². The minimum atomic E-state index is -1.10. The summed E-state index contributed by atoms with van der Waals surface area (Å²) in [5.41, 5.74) is 1.29. The summed E-state index contributed by atoms with van der Waals surface area (Å²) in [5.74, 6) is -0.311.